The molecule has 30 heavy (non-hydrogen) atoms. The summed E-state index contributed by atoms with van der Waals surface area (Å²) in [5.41, 5.74) is 1.79. The van der Waals surface area contributed by atoms with E-state index in [1.54, 1.807) is 20.3 Å². The lowest BCUT2D eigenvalue weighted by molar-refractivity contribution is 0.146. The van der Waals surface area contributed by atoms with E-state index < -0.39 is 11.6 Å². The highest BCUT2D eigenvalue weighted by molar-refractivity contribution is 5.74. The molecule has 1 unspecified atom stereocenters. The Kier molecular flexibility index (Phi) is 7.38. The van der Waals surface area contributed by atoms with Gasteiger partial charge in [0.15, 0.2) is 23.1 Å². The Morgan fingerprint density at radius 1 is 1.13 bits per heavy atom. The van der Waals surface area contributed by atoms with Crippen LogP contribution in [0.25, 0.3) is 0 Å². The van der Waals surface area contributed by atoms with Gasteiger partial charge in [0.25, 0.3) is 0 Å². The van der Waals surface area contributed by atoms with Gasteiger partial charge in [-0.25, -0.2) is 9.18 Å². The number of likely N-dealkylation sites (tertiary alicyclic amines) is 1. The summed E-state index contributed by atoms with van der Waals surface area (Å²) in [6, 6.07) is 10.0. The van der Waals surface area contributed by atoms with Gasteiger partial charge in [0.05, 0.1) is 14.2 Å². The van der Waals surface area contributed by atoms with Gasteiger partial charge < -0.3 is 24.8 Å². The summed E-state index contributed by atoms with van der Waals surface area (Å²) in [5, 5.41) is 12.4. The van der Waals surface area contributed by atoms with Gasteiger partial charge in [-0.2, -0.15) is 0 Å². The number of nitrogens with zero attached hydrogens (tertiary/aromatic N) is 1. The molecule has 162 valence electrons. The third-order valence-electron chi connectivity index (χ3n) is 5.56. The van der Waals surface area contributed by atoms with Crippen LogP contribution in [0.15, 0.2) is 36.4 Å². The van der Waals surface area contributed by atoms with E-state index in [2.05, 4.69) is 5.32 Å². The maximum Gasteiger partial charge on any atom is 0.317 e. The Hall–Kier alpha value is -2.96. The average Bonchev–Trinajstić information content (AvgIpc) is 2.78. The zero-order valence-electron chi connectivity index (χ0n) is 17.5. The molecule has 1 aliphatic rings. The van der Waals surface area contributed by atoms with Gasteiger partial charge in [-0.3, -0.25) is 0 Å². The average molecular weight is 416 g/mol. The van der Waals surface area contributed by atoms with Crippen LogP contribution in [0.3, 0.4) is 0 Å². The fourth-order valence-electron chi connectivity index (χ4n) is 3.88. The van der Waals surface area contributed by atoms with Crippen LogP contribution in [0.5, 0.6) is 17.2 Å². The number of phenolic OH excluding ortho intramolecular Hbond substituents is 1. The highest BCUT2D eigenvalue weighted by Gasteiger charge is 2.26. The summed E-state index contributed by atoms with van der Waals surface area (Å²) in [7, 11) is 3.24. The van der Waals surface area contributed by atoms with Crippen LogP contribution in [0.4, 0.5) is 9.18 Å². The molecule has 1 heterocycles. The van der Waals surface area contributed by atoms with Crippen LogP contribution >= 0.6 is 0 Å². The van der Waals surface area contributed by atoms with Crippen LogP contribution in [0.2, 0.25) is 0 Å². The zero-order chi connectivity index (χ0) is 21.5. The van der Waals surface area contributed by atoms with Crippen LogP contribution < -0.4 is 14.8 Å². The third-order valence-corrected chi connectivity index (χ3v) is 5.56. The number of benzene rings is 2. The number of phenols is 1. The molecular weight excluding hydrogens is 387 g/mol. The number of halogens is 1. The molecule has 2 amide bonds. The number of piperidine rings is 1. The Balaban J connectivity index is 1.58. The predicted octanol–water partition coefficient (Wildman–Crippen LogP) is 4.25. The number of ether oxygens (including phenoxy) is 2. The second kappa shape index (κ2) is 10.2. The molecule has 3 rings (SSSR count). The Bertz CT molecular complexity index is 874. The van der Waals surface area contributed by atoms with Crippen molar-refractivity contribution < 1.29 is 23.8 Å². The lowest BCUT2D eigenvalue weighted by Crippen LogP contribution is -2.48. The fourth-order valence-corrected chi connectivity index (χ4v) is 3.88. The molecule has 0 aromatic heterocycles. The lowest BCUT2D eigenvalue weighted by atomic mass is 9.96. The Morgan fingerprint density at radius 2 is 1.90 bits per heavy atom. The second-order valence-electron chi connectivity index (χ2n) is 7.52. The maximum absolute atomic E-state index is 13.2. The minimum absolute atomic E-state index is 0.129. The van der Waals surface area contributed by atoms with E-state index in [4.69, 9.17) is 9.47 Å². The molecule has 1 atom stereocenters. The highest BCUT2D eigenvalue weighted by atomic mass is 19.1. The van der Waals surface area contributed by atoms with Crippen molar-refractivity contribution in [2.75, 3.05) is 20.8 Å². The van der Waals surface area contributed by atoms with E-state index in [1.807, 2.05) is 23.1 Å². The van der Waals surface area contributed by atoms with Crippen molar-refractivity contribution in [3.63, 3.8) is 0 Å². The van der Waals surface area contributed by atoms with E-state index >= 15 is 0 Å². The quantitative estimate of drug-likeness (QED) is 0.708. The second-order valence-corrected chi connectivity index (χ2v) is 7.52. The van der Waals surface area contributed by atoms with Gasteiger partial charge in [0.1, 0.15) is 0 Å². The third kappa shape index (κ3) is 5.34. The number of aromatic hydroxyl groups is 1. The van der Waals surface area contributed by atoms with Gasteiger partial charge in [0, 0.05) is 19.1 Å². The van der Waals surface area contributed by atoms with Gasteiger partial charge >= 0.3 is 6.03 Å². The first-order valence-electron chi connectivity index (χ1n) is 10.2. The number of nitrogens with one attached hydrogen (secondary N) is 1. The number of urea groups is 1. The Labute approximate surface area is 176 Å². The van der Waals surface area contributed by atoms with Crippen LogP contribution in [-0.2, 0) is 13.0 Å². The normalized spacial score (nSPS) is 16.2. The van der Waals surface area contributed by atoms with Gasteiger partial charge in [-0.15, -0.1) is 0 Å². The topological polar surface area (TPSA) is 71.0 Å². The number of rotatable bonds is 7. The summed E-state index contributed by atoms with van der Waals surface area (Å²) in [5.74, 6) is 0.325. The first-order valence-corrected chi connectivity index (χ1v) is 10.2. The number of carbonyl (C=O) groups excluding carboxylic acids is 1. The van der Waals surface area contributed by atoms with Crippen molar-refractivity contribution in [1.29, 1.82) is 0 Å². The minimum Gasteiger partial charge on any atom is -0.505 e. The number of carbonyl (C=O) groups is 1. The molecule has 0 bridgehead atoms. The molecule has 2 N–H and O–H groups in total. The van der Waals surface area contributed by atoms with Crippen molar-refractivity contribution >= 4 is 6.03 Å². The monoisotopic (exact) mass is 416 g/mol. The molecule has 0 radical (unpaired) electrons. The highest BCUT2D eigenvalue weighted by Crippen LogP contribution is 2.29. The molecule has 0 saturated carbocycles. The first-order chi connectivity index (χ1) is 14.5. The number of hydrogen-bond donors (Lipinski definition) is 2. The molecular formula is C23H29FN2O4. The number of amides is 2. The standard InChI is InChI=1S/C23H29FN2O4/c1-29-21-11-8-16(14-22(21)30-2)6-9-18-5-3-4-12-26(18)23(28)25-15-17-7-10-19(24)20(27)13-17/h7-8,10-11,13-14,18,27H,3-6,9,12,15H2,1-2H3,(H,25,28). The number of methoxy groups -OCH3 is 2. The zero-order valence-corrected chi connectivity index (χ0v) is 17.5. The molecule has 1 fully saturated rings. The van der Waals surface area contributed by atoms with E-state index in [9.17, 15) is 14.3 Å². The SMILES string of the molecule is COc1ccc(CCC2CCCCN2C(=O)NCc2ccc(F)c(O)c2)cc1OC. The molecule has 0 spiro atoms. The van der Waals surface area contributed by atoms with Crippen molar-refractivity contribution in [2.24, 2.45) is 0 Å². The number of aryl methyl sites for hydroxylation is 1. The summed E-state index contributed by atoms with van der Waals surface area (Å²) >= 11 is 0. The maximum atomic E-state index is 13.2. The number of hydrogen-bond acceptors (Lipinski definition) is 4. The van der Waals surface area contributed by atoms with E-state index in [0.717, 1.165) is 44.2 Å². The van der Waals surface area contributed by atoms with Crippen LogP contribution in [0.1, 0.15) is 36.8 Å². The van der Waals surface area contributed by atoms with E-state index in [-0.39, 0.29) is 18.6 Å². The lowest BCUT2D eigenvalue weighted by Gasteiger charge is -2.36. The summed E-state index contributed by atoms with van der Waals surface area (Å²) in [4.78, 5) is 14.7. The predicted molar refractivity (Wildman–Crippen MR) is 113 cm³/mol. The van der Waals surface area contributed by atoms with Crippen LogP contribution in [0, 0.1) is 5.82 Å². The Morgan fingerprint density at radius 3 is 2.63 bits per heavy atom. The van der Waals surface area contributed by atoms with Crippen molar-refractivity contribution in [1.82, 2.24) is 10.2 Å². The summed E-state index contributed by atoms with van der Waals surface area (Å²) in [6.07, 6.45) is 4.75. The van der Waals surface area contributed by atoms with E-state index in [1.165, 1.54) is 12.1 Å². The van der Waals surface area contributed by atoms with Crippen molar-refractivity contribution in [3.8, 4) is 17.2 Å². The van der Waals surface area contributed by atoms with Crippen LogP contribution in [-0.4, -0.2) is 42.8 Å². The van der Waals surface area contributed by atoms with Gasteiger partial charge in [0.2, 0.25) is 0 Å². The van der Waals surface area contributed by atoms with Gasteiger partial charge in [-0.05, 0) is 67.5 Å². The summed E-state index contributed by atoms with van der Waals surface area (Å²) in [6.45, 7) is 0.961. The summed E-state index contributed by atoms with van der Waals surface area (Å²) < 4.78 is 23.9. The van der Waals surface area contributed by atoms with E-state index in [0.29, 0.717) is 17.1 Å². The smallest absolute Gasteiger partial charge is 0.317 e. The first kappa shape index (κ1) is 21.7. The van der Waals surface area contributed by atoms with Crippen molar-refractivity contribution in [2.45, 2.75) is 44.7 Å². The largest absolute Gasteiger partial charge is 0.505 e. The minimum atomic E-state index is -0.670. The van der Waals surface area contributed by atoms with Gasteiger partial charge in [-0.1, -0.05) is 12.1 Å². The molecule has 2 aromatic rings. The van der Waals surface area contributed by atoms with Crippen molar-refractivity contribution in [3.05, 3.63) is 53.3 Å². The molecule has 1 aliphatic heterocycles. The molecule has 7 heteroatoms. The molecule has 2 aromatic carbocycles. The fraction of sp³-hybridized carbons (Fsp3) is 0.435. The molecule has 6 nitrogen and oxygen atoms in total. The molecule has 0 aliphatic carbocycles. The molecule has 1 saturated heterocycles.